The molecule has 0 atom stereocenters. The van der Waals surface area contributed by atoms with Crippen molar-refractivity contribution in [3.63, 3.8) is 0 Å². The molecule has 0 heterocycles. The monoisotopic (exact) mass is 349 g/mol. The van der Waals surface area contributed by atoms with Crippen molar-refractivity contribution in [3.05, 3.63) is 64.4 Å². The van der Waals surface area contributed by atoms with E-state index in [4.69, 9.17) is 0 Å². The second kappa shape index (κ2) is 7.54. The molecule has 0 aliphatic carbocycles. The number of hydrazone groups is 1. The highest BCUT2D eigenvalue weighted by Crippen LogP contribution is 2.13. The summed E-state index contributed by atoms with van der Waals surface area (Å²) >= 11 is 3.34. The zero-order chi connectivity index (χ0) is 15.1. The van der Waals surface area contributed by atoms with E-state index < -0.39 is 0 Å². The number of rotatable bonds is 5. The van der Waals surface area contributed by atoms with Crippen molar-refractivity contribution >= 4 is 33.7 Å². The van der Waals surface area contributed by atoms with Gasteiger partial charge in [-0.15, -0.1) is 0 Å². The molecule has 2 N–H and O–H groups in total. The molecule has 4 nitrogen and oxygen atoms in total. The van der Waals surface area contributed by atoms with Gasteiger partial charge in [-0.2, -0.15) is 5.10 Å². The van der Waals surface area contributed by atoms with Crippen LogP contribution in [0.15, 0.2) is 58.1 Å². The largest absolute Gasteiger partial charge is 0.376 e. The van der Waals surface area contributed by atoms with Gasteiger partial charge < -0.3 is 5.32 Å². The van der Waals surface area contributed by atoms with Gasteiger partial charge in [0.05, 0.1) is 12.8 Å². The summed E-state index contributed by atoms with van der Waals surface area (Å²) < 4.78 is 13.7. The first-order valence-electron chi connectivity index (χ1n) is 6.20. The van der Waals surface area contributed by atoms with Gasteiger partial charge in [-0.3, -0.25) is 4.79 Å². The first kappa shape index (κ1) is 15.2. The lowest BCUT2D eigenvalue weighted by Crippen LogP contribution is -2.25. The van der Waals surface area contributed by atoms with Crippen LogP contribution >= 0.6 is 15.9 Å². The molecule has 2 aromatic rings. The van der Waals surface area contributed by atoms with Gasteiger partial charge in [-0.1, -0.05) is 28.1 Å². The molecule has 6 heteroatoms. The number of carbonyl (C=O) groups excluding carboxylic acids is 1. The minimum absolute atomic E-state index is 0.113. The van der Waals surface area contributed by atoms with Gasteiger partial charge in [-0.25, -0.2) is 9.82 Å². The molecule has 0 saturated carbocycles. The van der Waals surface area contributed by atoms with E-state index in [2.05, 4.69) is 31.8 Å². The van der Waals surface area contributed by atoms with Gasteiger partial charge in [0.2, 0.25) is 0 Å². The number of nitrogens with zero attached hydrogens (tertiary/aromatic N) is 1. The van der Waals surface area contributed by atoms with E-state index in [9.17, 15) is 9.18 Å². The van der Waals surface area contributed by atoms with E-state index in [1.807, 2.05) is 24.3 Å². The summed E-state index contributed by atoms with van der Waals surface area (Å²) in [5, 5.41) is 6.77. The van der Waals surface area contributed by atoms with Crippen LogP contribution in [-0.4, -0.2) is 18.7 Å². The van der Waals surface area contributed by atoms with Crippen molar-refractivity contribution < 1.29 is 9.18 Å². The molecule has 0 aliphatic rings. The van der Waals surface area contributed by atoms with Crippen molar-refractivity contribution in [1.82, 2.24) is 5.43 Å². The molecule has 0 spiro atoms. The molecule has 108 valence electrons. The van der Waals surface area contributed by atoms with Crippen LogP contribution in [-0.2, 0) is 4.79 Å². The Hall–Kier alpha value is -2.21. The Morgan fingerprint density at radius 1 is 1.14 bits per heavy atom. The Labute approximate surface area is 130 Å². The van der Waals surface area contributed by atoms with Crippen LogP contribution in [0.2, 0.25) is 0 Å². The topological polar surface area (TPSA) is 53.5 Å². The normalized spacial score (nSPS) is 10.6. The first-order chi connectivity index (χ1) is 10.1. The smallest absolute Gasteiger partial charge is 0.259 e. The molecule has 21 heavy (non-hydrogen) atoms. The third-order valence-electron chi connectivity index (χ3n) is 2.57. The molecule has 0 aliphatic heterocycles. The van der Waals surface area contributed by atoms with Gasteiger partial charge in [0.25, 0.3) is 5.91 Å². The van der Waals surface area contributed by atoms with Crippen LogP contribution in [0.1, 0.15) is 5.56 Å². The van der Waals surface area contributed by atoms with E-state index in [0.29, 0.717) is 5.56 Å². The molecular weight excluding hydrogens is 337 g/mol. The number of benzene rings is 2. The zero-order valence-corrected chi connectivity index (χ0v) is 12.6. The van der Waals surface area contributed by atoms with Crippen molar-refractivity contribution in [2.24, 2.45) is 5.10 Å². The molecule has 0 aromatic heterocycles. The summed E-state index contributed by atoms with van der Waals surface area (Å²) in [6, 6.07) is 13.3. The van der Waals surface area contributed by atoms with Crippen molar-refractivity contribution in [2.75, 3.05) is 11.9 Å². The van der Waals surface area contributed by atoms with E-state index in [-0.39, 0.29) is 18.3 Å². The summed E-state index contributed by atoms with van der Waals surface area (Å²) in [6.45, 7) is 0.113. The number of hydrogen-bond acceptors (Lipinski definition) is 3. The number of halogens is 2. The average molecular weight is 350 g/mol. The van der Waals surface area contributed by atoms with Crippen LogP contribution in [0, 0.1) is 5.82 Å². The summed E-state index contributed by atoms with van der Waals surface area (Å²) in [7, 11) is 0. The Morgan fingerprint density at radius 2 is 1.81 bits per heavy atom. The fourth-order valence-corrected chi connectivity index (χ4v) is 1.78. The molecule has 0 radical (unpaired) electrons. The average Bonchev–Trinajstić information content (AvgIpc) is 2.49. The number of nitrogens with one attached hydrogen (secondary N) is 2. The Kier molecular flexibility index (Phi) is 5.45. The van der Waals surface area contributed by atoms with Gasteiger partial charge in [-0.05, 0) is 42.0 Å². The van der Waals surface area contributed by atoms with Crippen LogP contribution in [0.25, 0.3) is 0 Å². The maximum absolute atomic E-state index is 12.7. The molecule has 0 unspecified atom stereocenters. The van der Waals surface area contributed by atoms with E-state index in [0.717, 1.165) is 10.2 Å². The molecule has 1 amide bonds. The van der Waals surface area contributed by atoms with E-state index >= 15 is 0 Å². The minimum Gasteiger partial charge on any atom is -0.376 e. The SMILES string of the molecule is O=C(CNc1ccc(Br)cc1)N/N=C\c1ccc(F)cc1. The first-order valence-corrected chi connectivity index (χ1v) is 7.00. The standard InChI is InChI=1S/C15H13BrFN3O/c16-12-3-7-14(8-4-12)18-10-15(21)20-19-9-11-1-5-13(17)6-2-11/h1-9,18H,10H2,(H,20,21)/b19-9-. The fraction of sp³-hybridized carbons (Fsp3) is 0.0667. The number of hydrogen-bond donors (Lipinski definition) is 2. The van der Waals surface area contributed by atoms with Crippen LogP contribution in [0.3, 0.4) is 0 Å². The van der Waals surface area contributed by atoms with Gasteiger partial charge in [0.1, 0.15) is 5.82 Å². The number of amides is 1. The number of anilines is 1. The van der Waals surface area contributed by atoms with E-state index in [1.165, 1.54) is 18.3 Å². The third kappa shape index (κ3) is 5.35. The lowest BCUT2D eigenvalue weighted by atomic mass is 10.2. The summed E-state index contributed by atoms with van der Waals surface area (Å²) in [6.07, 6.45) is 1.46. The molecule has 2 aromatic carbocycles. The second-order valence-electron chi connectivity index (χ2n) is 4.21. The van der Waals surface area contributed by atoms with Crippen molar-refractivity contribution in [3.8, 4) is 0 Å². The maximum atomic E-state index is 12.7. The summed E-state index contributed by atoms with van der Waals surface area (Å²) in [5.41, 5.74) is 3.94. The Morgan fingerprint density at radius 3 is 2.48 bits per heavy atom. The van der Waals surface area contributed by atoms with Crippen molar-refractivity contribution in [1.29, 1.82) is 0 Å². The second-order valence-corrected chi connectivity index (χ2v) is 5.12. The molecule has 0 saturated heterocycles. The zero-order valence-electron chi connectivity index (χ0n) is 11.0. The number of carbonyl (C=O) groups is 1. The van der Waals surface area contributed by atoms with Gasteiger partial charge >= 0.3 is 0 Å². The van der Waals surface area contributed by atoms with Crippen LogP contribution < -0.4 is 10.7 Å². The highest BCUT2D eigenvalue weighted by atomic mass is 79.9. The maximum Gasteiger partial charge on any atom is 0.259 e. The minimum atomic E-state index is -0.310. The lowest BCUT2D eigenvalue weighted by molar-refractivity contribution is -0.119. The highest BCUT2D eigenvalue weighted by molar-refractivity contribution is 9.10. The quantitative estimate of drug-likeness (QED) is 0.643. The van der Waals surface area contributed by atoms with E-state index in [1.54, 1.807) is 12.1 Å². The van der Waals surface area contributed by atoms with Gasteiger partial charge in [0, 0.05) is 10.2 Å². The van der Waals surface area contributed by atoms with Crippen molar-refractivity contribution in [2.45, 2.75) is 0 Å². The Bertz CT molecular complexity index is 626. The lowest BCUT2D eigenvalue weighted by Gasteiger charge is -2.05. The third-order valence-corrected chi connectivity index (χ3v) is 3.10. The van der Waals surface area contributed by atoms with Crippen LogP contribution in [0.4, 0.5) is 10.1 Å². The highest BCUT2D eigenvalue weighted by Gasteiger charge is 1.99. The molecular formula is C15H13BrFN3O. The summed E-state index contributed by atoms with van der Waals surface area (Å²) in [5.74, 6) is -0.578. The molecule has 0 fully saturated rings. The summed E-state index contributed by atoms with van der Waals surface area (Å²) in [4.78, 5) is 11.6. The fourth-order valence-electron chi connectivity index (χ4n) is 1.52. The Balaban J connectivity index is 1.77. The molecule has 2 rings (SSSR count). The molecule has 0 bridgehead atoms. The van der Waals surface area contributed by atoms with Gasteiger partial charge in [0.15, 0.2) is 0 Å². The predicted octanol–water partition coefficient (Wildman–Crippen LogP) is 3.15. The predicted molar refractivity (Wildman–Crippen MR) is 84.8 cm³/mol. The van der Waals surface area contributed by atoms with Crippen LogP contribution in [0.5, 0.6) is 0 Å².